The molecule has 1 aliphatic heterocycles. The van der Waals surface area contributed by atoms with E-state index in [1.807, 2.05) is 0 Å². The van der Waals surface area contributed by atoms with Crippen LogP contribution in [0.5, 0.6) is 11.6 Å². The molecule has 0 aliphatic carbocycles. The zero-order valence-electron chi connectivity index (χ0n) is 10.5. The molecule has 0 saturated carbocycles. The second-order valence-electron chi connectivity index (χ2n) is 4.06. The highest BCUT2D eigenvalue weighted by molar-refractivity contribution is 7.87. The summed E-state index contributed by atoms with van der Waals surface area (Å²) in [5.74, 6) is -0.269. The Morgan fingerprint density at radius 2 is 2.05 bits per heavy atom. The number of halogens is 3. The summed E-state index contributed by atoms with van der Waals surface area (Å²) in [5, 5.41) is 0. The maximum atomic E-state index is 12.3. The Kier molecular flexibility index (Phi) is 3.09. The van der Waals surface area contributed by atoms with Crippen LogP contribution < -0.4 is 8.92 Å². The van der Waals surface area contributed by atoms with Gasteiger partial charge in [0.25, 0.3) is 0 Å². The molecule has 0 aromatic carbocycles. The second kappa shape index (κ2) is 4.73. The summed E-state index contributed by atoms with van der Waals surface area (Å²) in [5.41, 5.74) is -5.18. The summed E-state index contributed by atoms with van der Waals surface area (Å²) >= 11 is 0. The predicted molar refractivity (Wildman–Crippen MR) is 67.0 cm³/mol. The Hall–Kier alpha value is -2.56. The van der Waals surface area contributed by atoms with Gasteiger partial charge in [-0.2, -0.15) is 21.6 Å². The molecule has 0 amide bonds. The largest absolute Gasteiger partial charge is 0.534 e. The fraction of sp³-hybridized carbons (Fsp3) is 0.0909. The van der Waals surface area contributed by atoms with Crippen LogP contribution in [0.4, 0.5) is 13.2 Å². The Morgan fingerprint density at radius 1 is 1.27 bits per heavy atom. The van der Waals surface area contributed by atoms with Crippen molar-refractivity contribution in [3.63, 3.8) is 0 Å². The lowest BCUT2D eigenvalue weighted by atomic mass is 10.2. The zero-order valence-corrected chi connectivity index (χ0v) is 11.3. The van der Waals surface area contributed by atoms with Crippen molar-refractivity contribution in [2.24, 2.45) is 0 Å². The third-order valence-corrected chi connectivity index (χ3v) is 3.60. The van der Waals surface area contributed by atoms with Gasteiger partial charge in [0.15, 0.2) is 0 Å². The molecule has 7 nitrogen and oxygen atoms in total. The number of imidazole rings is 1. The van der Waals surface area contributed by atoms with Crippen molar-refractivity contribution in [1.29, 1.82) is 0 Å². The SMILES string of the molecule is O=S(=O)(Oc1cc2c(cn1)-c1nccn1C=CO2)C(F)(F)F. The van der Waals surface area contributed by atoms with E-state index in [2.05, 4.69) is 14.2 Å². The molecule has 0 radical (unpaired) electrons. The number of pyridine rings is 1. The van der Waals surface area contributed by atoms with E-state index in [4.69, 9.17) is 4.74 Å². The molecule has 11 heteroatoms. The van der Waals surface area contributed by atoms with Crippen LogP contribution in [0.25, 0.3) is 17.6 Å². The van der Waals surface area contributed by atoms with Crippen molar-refractivity contribution in [3.05, 3.63) is 30.9 Å². The topological polar surface area (TPSA) is 83.3 Å². The quantitative estimate of drug-likeness (QED) is 0.617. The molecule has 0 spiro atoms. The van der Waals surface area contributed by atoms with Crippen LogP contribution >= 0.6 is 0 Å². The van der Waals surface area contributed by atoms with Crippen molar-refractivity contribution in [3.8, 4) is 23.0 Å². The number of hydrogen-bond acceptors (Lipinski definition) is 6. The van der Waals surface area contributed by atoms with Crippen LogP contribution in [0.1, 0.15) is 0 Å². The van der Waals surface area contributed by atoms with Gasteiger partial charge in [-0.25, -0.2) is 9.97 Å². The minimum Gasteiger partial charge on any atom is -0.462 e. The molecule has 0 unspecified atom stereocenters. The molecular weight excluding hydrogens is 327 g/mol. The summed E-state index contributed by atoms with van der Waals surface area (Å²) in [7, 11) is -5.79. The summed E-state index contributed by atoms with van der Waals surface area (Å²) in [4.78, 5) is 7.60. The van der Waals surface area contributed by atoms with Crippen molar-refractivity contribution in [2.45, 2.75) is 5.51 Å². The minimum atomic E-state index is -5.79. The number of aromatic nitrogens is 3. The minimum absolute atomic E-state index is 0.0589. The van der Waals surface area contributed by atoms with Gasteiger partial charge >= 0.3 is 15.6 Å². The van der Waals surface area contributed by atoms with E-state index < -0.39 is 21.5 Å². The highest BCUT2D eigenvalue weighted by Crippen LogP contribution is 2.34. The van der Waals surface area contributed by atoms with Crippen LogP contribution in [0.15, 0.2) is 30.9 Å². The molecule has 1 aliphatic rings. The zero-order chi connectivity index (χ0) is 16.0. The average Bonchev–Trinajstić information content (AvgIpc) is 2.79. The number of nitrogens with zero attached hydrogens (tertiary/aromatic N) is 3. The van der Waals surface area contributed by atoms with Crippen molar-refractivity contribution < 1.29 is 30.5 Å². The van der Waals surface area contributed by atoms with Gasteiger partial charge in [-0.3, -0.25) is 0 Å². The number of rotatable bonds is 2. The maximum absolute atomic E-state index is 12.3. The lowest BCUT2D eigenvalue weighted by Crippen LogP contribution is -2.28. The molecule has 22 heavy (non-hydrogen) atoms. The van der Waals surface area contributed by atoms with Crippen LogP contribution in [0, 0.1) is 0 Å². The third-order valence-electron chi connectivity index (χ3n) is 2.65. The standard InChI is InChI=1S/C11H6F3N3O4S/c12-11(13,14)22(18,19)21-9-5-8-7(6-16-9)10-15-1-2-17(10)3-4-20-8/h1-6H. The van der Waals surface area contributed by atoms with Gasteiger partial charge in [-0.15, -0.1) is 0 Å². The van der Waals surface area contributed by atoms with E-state index in [-0.39, 0.29) is 5.75 Å². The Balaban J connectivity index is 2.00. The maximum Gasteiger partial charge on any atom is 0.534 e. The van der Waals surface area contributed by atoms with E-state index in [0.29, 0.717) is 11.4 Å². The number of alkyl halides is 3. The summed E-state index contributed by atoms with van der Waals surface area (Å²) in [6.07, 6.45) is 7.03. The van der Waals surface area contributed by atoms with Crippen molar-refractivity contribution in [1.82, 2.24) is 14.5 Å². The first-order valence-corrected chi connectivity index (χ1v) is 7.06. The van der Waals surface area contributed by atoms with Gasteiger partial charge in [-0.05, 0) is 0 Å². The smallest absolute Gasteiger partial charge is 0.462 e. The predicted octanol–water partition coefficient (Wildman–Crippen LogP) is 1.99. The van der Waals surface area contributed by atoms with Gasteiger partial charge in [0, 0.05) is 30.9 Å². The van der Waals surface area contributed by atoms with E-state index in [9.17, 15) is 21.6 Å². The van der Waals surface area contributed by atoms with Gasteiger partial charge in [-0.1, -0.05) is 0 Å². The molecule has 3 rings (SSSR count). The summed E-state index contributed by atoms with van der Waals surface area (Å²) in [6.45, 7) is 0. The number of fused-ring (bicyclic) bond motifs is 3. The fourth-order valence-electron chi connectivity index (χ4n) is 1.70. The van der Waals surface area contributed by atoms with Crippen LogP contribution in [0.3, 0.4) is 0 Å². The molecule has 2 aromatic rings. The highest BCUT2D eigenvalue weighted by atomic mass is 32.2. The molecule has 3 heterocycles. The first-order valence-electron chi connectivity index (χ1n) is 5.65. The van der Waals surface area contributed by atoms with Crippen LogP contribution in [0.2, 0.25) is 0 Å². The molecular formula is C11H6F3N3O4S. The molecule has 0 N–H and O–H groups in total. The Morgan fingerprint density at radius 3 is 2.77 bits per heavy atom. The summed E-state index contributed by atoms with van der Waals surface area (Å²) < 4.78 is 69.5. The van der Waals surface area contributed by atoms with E-state index in [1.165, 1.54) is 18.7 Å². The Labute approximate surface area is 121 Å². The van der Waals surface area contributed by atoms with Gasteiger partial charge < -0.3 is 13.5 Å². The first kappa shape index (κ1) is 14.4. The third kappa shape index (κ3) is 2.39. The monoisotopic (exact) mass is 333 g/mol. The van der Waals surface area contributed by atoms with E-state index in [0.717, 1.165) is 12.3 Å². The molecule has 0 saturated heterocycles. The lowest BCUT2D eigenvalue weighted by molar-refractivity contribution is -0.0501. The highest BCUT2D eigenvalue weighted by Gasteiger charge is 2.49. The molecule has 0 atom stereocenters. The average molecular weight is 333 g/mol. The lowest BCUT2D eigenvalue weighted by Gasteiger charge is -2.10. The second-order valence-corrected chi connectivity index (χ2v) is 5.60. The number of hydrogen-bond donors (Lipinski definition) is 0. The molecule has 0 bridgehead atoms. The molecule has 116 valence electrons. The fourth-order valence-corrected chi connectivity index (χ4v) is 2.11. The van der Waals surface area contributed by atoms with Gasteiger partial charge in [0.05, 0.1) is 5.56 Å². The van der Waals surface area contributed by atoms with Gasteiger partial charge in [0.2, 0.25) is 5.88 Å². The van der Waals surface area contributed by atoms with Crippen molar-refractivity contribution in [2.75, 3.05) is 0 Å². The molecule has 2 aromatic heterocycles. The number of ether oxygens (including phenoxy) is 1. The van der Waals surface area contributed by atoms with Crippen LogP contribution in [-0.4, -0.2) is 28.5 Å². The van der Waals surface area contributed by atoms with E-state index >= 15 is 0 Å². The van der Waals surface area contributed by atoms with E-state index in [1.54, 1.807) is 10.8 Å². The normalized spacial score (nSPS) is 13.8. The first-order chi connectivity index (χ1) is 10.3. The van der Waals surface area contributed by atoms with Crippen molar-refractivity contribution >= 4 is 16.3 Å². The Bertz CT molecular complexity index is 858. The van der Waals surface area contributed by atoms with Crippen LogP contribution in [-0.2, 0) is 10.1 Å². The molecule has 0 fully saturated rings. The van der Waals surface area contributed by atoms with Gasteiger partial charge in [0.1, 0.15) is 17.8 Å². The summed E-state index contributed by atoms with van der Waals surface area (Å²) in [6, 6.07) is 0.938.